The Morgan fingerprint density at radius 3 is 0.648 bits per heavy atom. The Morgan fingerprint density at radius 1 is 0.264 bits per heavy atom. The Balaban J connectivity index is 5.01. The lowest BCUT2D eigenvalue weighted by molar-refractivity contribution is -0.161. The average molecular weight is 1340 g/mol. The maximum atomic E-state index is 13.1. The highest BCUT2D eigenvalue weighted by molar-refractivity contribution is 7.47. The third-order valence-corrected chi connectivity index (χ3v) is 18.8. The van der Waals surface area contributed by atoms with Crippen LogP contribution in [-0.4, -0.2) is 96.7 Å². The number of ether oxygens (including phenoxy) is 4. The predicted molar refractivity (Wildman–Crippen MR) is 368 cm³/mol. The van der Waals surface area contributed by atoms with Gasteiger partial charge in [0.1, 0.15) is 19.3 Å². The van der Waals surface area contributed by atoms with E-state index >= 15 is 0 Å². The van der Waals surface area contributed by atoms with E-state index in [0.717, 1.165) is 96.3 Å². The van der Waals surface area contributed by atoms with Crippen molar-refractivity contribution in [3.63, 3.8) is 0 Å². The first kappa shape index (κ1) is 89.1. The van der Waals surface area contributed by atoms with Gasteiger partial charge in [-0.3, -0.25) is 37.3 Å². The second-order valence-corrected chi connectivity index (χ2v) is 28.9. The van der Waals surface area contributed by atoms with E-state index in [1.54, 1.807) is 0 Å². The number of aliphatic hydroxyl groups excluding tert-OH is 1. The number of aliphatic hydroxyl groups is 1. The van der Waals surface area contributed by atoms with Crippen molar-refractivity contribution in [1.29, 1.82) is 0 Å². The summed E-state index contributed by atoms with van der Waals surface area (Å²) >= 11 is 0. The molecule has 0 aliphatic carbocycles. The van der Waals surface area contributed by atoms with Crippen molar-refractivity contribution in [2.24, 2.45) is 0 Å². The molecule has 0 radical (unpaired) electrons. The van der Waals surface area contributed by atoms with Crippen LogP contribution in [0, 0.1) is 0 Å². The minimum atomic E-state index is -4.95. The van der Waals surface area contributed by atoms with Gasteiger partial charge >= 0.3 is 39.5 Å². The fourth-order valence-electron chi connectivity index (χ4n) is 11.0. The highest BCUT2D eigenvalue weighted by Crippen LogP contribution is 2.45. The van der Waals surface area contributed by atoms with E-state index in [4.69, 9.17) is 37.0 Å². The molecule has 91 heavy (non-hydrogen) atoms. The van der Waals surface area contributed by atoms with Crippen molar-refractivity contribution < 1.29 is 80.2 Å². The van der Waals surface area contributed by atoms with Gasteiger partial charge in [0.15, 0.2) is 12.2 Å². The van der Waals surface area contributed by atoms with Crippen molar-refractivity contribution in [2.75, 3.05) is 39.6 Å². The number of hydrogen-bond acceptors (Lipinski definition) is 15. The Hall–Kier alpha value is -1.94. The molecular formula is C72H140O17P2. The molecule has 0 aromatic rings. The van der Waals surface area contributed by atoms with Crippen LogP contribution >= 0.6 is 15.6 Å². The molecule has 5 atom stereocenters. The molecule has 0 heterocycles. The fraction of sp³-hybridized carbons (Fsp3) is 0.944. The zero-order valence-corrected chi connectivity index (χ0v) is 60.6. The second kappa shape index (κ2) is 66.7. The molecule has 0 aliphatic rings. The summed E-state index contributed by atoms with van der Waals surface area (Å²) in [5, 5.41) is 10.5. The largest absolute Gasteiger partial charge is 0.472 e. The Labute approximate surface area is 556 Å². The van der Waals surface area contributed by atoms with Crippen LogP contribution in [0.25, 0.3) is 0 Å². The molecule has 3 N–H and O–H groups in total. The summed E-state index contributed by atoms with van der Waals surface area (Å²) in [7, 11) is -9.88. The van der Waals surface area contributed by atoms with Crippen LogP contribution < -0.4 is 0 Å². The summed E-state index contributed by atoms with van der Waals surface area (Å²) in [5.74, 6) is -2.15. The van der Waals surface area contributed by atoms with Gasteiger partial charge in [0.05, 0.1) is 26.4 Å². The van der Waals surface area contributed by atoms with Crippen LogP contribution in [0.5, 0.6) is 0 Å². The minimum absolute atomic E-state index is 0.0994. The fourth-order valence-corrected chi connectivity index (χ4v) is 12.6. The molecule has 0 bridgehead atoms. The highest BCUT2D eigenvalue weighted by Gasteiger charge is 2.30. The van der Waals surface area contributed by atoms with Crippen LogP contribution in [-0.2, 0) is 65.4 Å². The second-order valence-electron chi connectivity index (χ2n) is 26.0. The van der Waals surface area contributed by atoms with Crippen molar-refractivity contribution >= 4 is 39.5 Å². The number of carbonyl (C=O) groups is 4. The normalized spacial score (nSPS) is 14.0. The van der Waals surface area contributed by atoms with Gasteiger partial charge in [-0.15, -0.1) is 0 Å². The first-order chi connectivity index (χ1) is 44.2. The van der Waals surface area contributed by atoms with Gasteiger partial charge in [0, 0.05) is 25.7 Å². The number of rotatable bonds is 73. The Kier molecular flexibility index (Phi) is 65.2. The van der Waals surface area contributed by atoms with Gasteiger partial charge in [-0.1, -0.05) is 329 Å². The summed E-state index contributed by atoms with van der Waals surface area (Å²) < 4.78 is 67.8. The van der Waals surface area contributed by atoms with Crippen molar-refractivity contribution in [2.45, 2.75) is 399 Å². The Morgan fingerprint density at radius 2 is 0.440 bits per heavy atom. The van der Waals surface area contributed by atoms with E-state index in [1.165, 1.54) is 205 Å². The SMILES string of the molecule is CCCCCCCCCCCCCCCCCCCCCCCCC(=O)O[C@H](COC(=O)CCCCCCCCCCCCCCCCCCCCC)COP(=O)(O)OC[C@@H](O)COP(=O)(O)OC[C@@H](COC(=O)CCCCCCC)OC(=O)CCCCCCC. The van der Waals surface area contributed by atoms with Gasteiger partial charge in [-0.05, 0) is 25.7 Å². The van der Waals surface area contributed by atoms with Gasteiger partial charge in [-0.25, -0.2) is 9.13 Å². The van der Waals surface area contributed by atoms with Crippen LogP contribution in [0.15, 0.2) is 0 Å². The third kappa shape index (κ3) is 66.5. The number of unbranched alkanes of at least 4 members (excludes halogenated alkanes) is 47. The predicted octanol–water partition coefficient (Wildman–Crippen LogP) is 21.1. The maximum absolute atomic E-state index is 13.1. The minimum Gasteiger partial charge on any atom is -0.462 e. The number of esters is 4. The van der Waals surface area contributed by atoms with E-state index in [9.17, 15) is 43.2 Å². The smallest absolute Gasteiger partial charge is 0.462 e. The standard InChI is InChI=1S/C72H140O17P2/c1-5-9-13-17-19-21-23-25-27-29-31-32-33-35-37-39-41-43-45-47-51-55-59-72(77)89-68(63-83-70(75)57-53-50-46-44-42-40-38-36-34-30-28-26-24-22-20-18-14-10-6-2)65-87-91(80,81)85-61-66(73)60-84-90(78,79)86-64-67(88-71(76)58-54-49-16-12-8-4)62-82-69(74)56-52-48-15-11-7-3/h66-68,73H,5-65H2,1-4H3,(H,78,79)(H,80,81)/t66-,67+,68+/m0/s1. The highest BCUT2D eigenvalue weighted by atomic mass is 31.2. The van der Waals surface area contributed by atoms with E-state index in [0.29, 0.717) is 25.7 Å². The molecule has 0 rings (SSSR count). The molecule has 0 spiro atoms. The first-order valence-corrected chi connectivity index (χ1v) is 40.8. The van der Waals surface area contributed by atoms with E-state index in [2.05, 4.69) is 27.7 Å². The lowest BCUT2D eigenvalue weighted by Gasteiger charge is -2.21. The van der Waals surface area contributed by atoms with E-state index in [1.807, 2.05) is 0 Å². The average Bonchev–Trinajstić information content (AvgIpc) is 3.49. The third-order valence-electron chi connectivity index (χ3n) is 16.9. The summed E-state index contributed by atoms with van der Waals surface area (Å²) in [4.78, 5) is 72.0. The number of carbonyl (C=O) groups excluding carboxylic acids is 4. The van der Waals surface area contributed by atoms with E-state index < -0.39 is 97.5 Å². The molecule has 0 saturated heterocycles. The molecule has 2 unspecified atom stereocenters. The van der Waals surface area contributed by atoms with Crippen LogP contribution in [0.1, 0.15) is 381 Å². The molecule has 0 aromatic carbocycles. The monoisotopic (exact) mass is 1340 g/mol. The zero-order chi connectivity index (χ0) is 66.8. The molecule has 540 valence electrons. The molecular weight excluding hydrogens is 1200 g/mol. The summed E-state index contributed by atoms with van der Waals surface area (Å²) in [6, 6.07) is 0. The molecule has 0 fully saturated rings. The van der Waals surface area contributed by atoms with Crippen molar-refractivity contribution in [3.05, 3.63) is 0 Å². The molecule has 17 nitrogen and oxygen atoms in total. The van der Waals surface area contributed by atoms with Gasteiger partial charge in [-0.2, -0.15) is 0 Å². The quantitative estimate of drug-likeness (QED) is 0.0222. The summed E-state index contributed by atoms with van der Waals surface area (Å²) in [6.45, 7) is 4.76. The number of phosphoric ester groups is 2. The van der Waals surface area contributed by atoms with Gasteiger partial charge in [0.2, 0.25) is 0 Å². The van der Waals surface area contributed by atoms with Crippen LogP contribution in [0.3, 0.4) is 0 Å². The van der Waals surface area contributed by atoms with Crippen LogP contribution in [0.2, 0.25) is 0 Å². The summed E-state index contributed by atoms with van der Waals surface area (Å²) in [6.07, 6.45) is 56.7. The van der Waals surface area contributed by atoms with Crippen LogP contribution in [0.4, 0.5) is 0 Å². The molecule has 19 heteroatoms. The van der Waals surface area contributed by atoms with Crippen molar-refractivity contribution in [1.82, 2.24) is 0 Å². The lowest BCUT2D eigenvalue weighted by Crippen LogP contribution is -2.30. The summed E-state index contributed by atoms with van der Waals surface area (Å²) in [5.41, 5.74) is 0. The molecule has 0 aromatic heterocycles. The molecule has 0 amide bonds. The van der Waals surface area contributed by atoms with Gasteiger partial charge in [0.25, 0.3) is 0 Å². The Bertz CT molecular complexity index is 1740. The maximum Gasteiger partial charge on any atom is 0.472 e. The number of phosphoric acid groups is 2. The van der Waals surface area contributed by atoms with Crippen molar-refractivity contribution in [3.8, 4) is 0 Å². The lowest BCUT2D eigenvalue weighted by atomic mass is 10.0. The first-order valence-electron chi connectivity index (χ1n) is 37.8. The molecule has 0 saturated carbocycles. The van der Waals surface area contributed by atoms with Gasteiger partial charge < -0.3 is 33.8 Å². The topological polar surface area (TPSA) is 237 Å². The zero-order valence-electron chi connectivity index (χ0n) is 58.8. The van der Waals surface area contributed by atoms with E-state index in [-0.39, 0.29) is 25.7 Å². The number of hydrogen-bond donors (Lipinski definition) is 3. The molecule has 0 aliphatic heterocycles.